The van der Waals surface area contributed by atoms with E-state index in [1.54, 1.807) is 36.4 Å². The highest BCUT2D eigenvalue weighted by atomic mass is 32.2. The topological polar surface area (TPSA) is 81.2 Å². The number of aromatic nitrogens is 2. The van der Waals surface area contributed by atoms with Gasteiger partial charge in [0.15, 0.2) is 0 Å². The molecule has 0 spiro atoms. The van der Waals surface area contributed by atoms with Crippen LogP contribution in [0.4, 0.5) is 0 Å². The predicted octanol–water partition coefficient (Wildman–Crippen LogP) is 2.58. The Balaban J connectivity index is 1.62. The lowest BCUT2D eigenvalue weighted by molar-refractivity contribution is 0.210. The van der Waals surface area contributed by atoms with Gasteiger partial charge >= 0.3 is 0 Å². The van der Waals surface area contributed by atoms with Gasteiger partial charge in [0.05, 0.1) is 28.9 Å². The SMILES string of the molecule is Cc1ccc(CNS(=O)(=O)c2ccc(OC3CCCC3)cc2)nn1. The van der Waals surface area contributed by atoms with Crippen molar-refractivity contribution in [1.29, 1.82) is 0 Å². The van der Waals surface area contributed by atoms with Gasteiger partial charge in [-0.05, 0) is 69.0 Å². The fourth-order valence-corrected chi connectivity index (χ4v) is 3.67. The van der Waals surface area contributed by atoms with Crippen molar-refractivity contribution in [1.82, 2.24) is 14.9 Å². The van der Waals surface area contributed by atoms with Crippen LogP contribution in [0.25, 0.3) is 0 Å². The Hall–Kier alpha value is -1.99. The van der Waals surface area contributed by atoms with Crippen molar-refractivity contribution >= 4 is 10.0 Å². The number of ether oxygens (including phenoxy) is 1. The molecule has 7 heteroatoms. The molecule has 1 N–H and O–H groups in total. The van der Waals surface area contributed by atoms with Crippen molar-refractivity contribution in [2.24, 2.45) is 0 Å². The van der Waals surface area contributed by atoms with E-state index in [1.165, 1.54) is 12.8 Å². The second kappa shape index (κ2) is 7.27. The molecule has 1 fully saturated rings. The molecule has 0 atom stereocenters. The number of benzene rings is 1. The van der Waals surface area contributed by atoms with Crippen molar-refractivity contribution in [3.63, 3.8) is 0 Å². The van der Waals surface area contributed by atoms with Gasteiger partial charge < -0.3 is 4.74 Å². The number of aryl methyl sites for hydroxylation is 1. The van der Waals surface area contributed by atoms with Gasteiger partial charge in [0.1, 0.15) is 5.75 Å². The highest BCUT2D eigenvalue weighted by molar-refractivity contribution is 7.89. The summed E-state index contributed by atoms with van der Waals surface area (Å²) < 4.78 is 33.0. The summed E-state index contributed by atoms with van der Waals surface area (Å²) in [6.45, 7) is 1.94. The van der Waals surface area contributed by atoms with Crippen LogP contribution in [0.2, 0.25) is 0 Å². The molecule has 1 heterocycles. The van der Waals surface area contributed by atoms with Gasteiger partial charge in [-0.3, -0.25) is 0 Å². The molecule has 1 aromatic carbocycles. The minimum atomic E-state index is -3.59. The van der Waals surface area contributed by atoms with Crippen molar-refractivity contribution in [3.05, 3.63) is 47.8 Å². The number of sulfonamides is 1. The average molecular weight is 347 g/mol. The van der Waals surface area contributed by atoms with E-state index in [2.05, 4.69) is 14.9 Å². The van der Waals surface area contributed by atoms with Crippen molar-refractivity contribution in [2.45, 2.75) is 50.2 Å². The first kappa shape index (κ1) is 16.9. The Labute approximate surface area is 142 Å². The van der Waals surface area contributed by atoms with Crippen LogP contribution in [0, 0.1) is 6.92 Å². The summed E-state index contributed by atoms with van der Waals surface area (Å²) in [6.07, 6.45) is 4.79. The molecule has 1 aromatic heterocycles. The summed E-state index contributed by atoms with van der Waals surface area (Å²) in [4.78, 5) is 0.210. The summed E-state index contributed by atoms with van der Waals surface area (Å²) >= 11 is 0. The quantitative estimate of drug-likeness (QED) is 0.868. The van der Waals surface area contributed by atoms with Crippen molar-refractivity contribution < 1.29 is 13.2 Å². The molecule has 0 amide bonds. The van der Waals surface area contributed by atoms with Crippen LogP contribution in [0.5, 0.6) is 5.75 Å². The lowest BCUT2D eigenvalue weighted by atomic mass is 10.3. The third-order valence-corrected chi connectivity index (χ3v) is 5.45. The third kappa shape index (κ3) is 4.30. The normalized spacial score (nSPS) is 15.5. The molecule has 0 bridgehead atoms. The maximum Gasteiger partial charge on any atom is 0.240 e. The molecule has 0 radical (unpaired) electrons. The van der Waals surface area contributed by atoms with Gasteiger partial charge in [-0.1, -0.05) is 0 Å². The molecule has 3 rings (SSSR count). The van der Waals surface area contributed by atoms with E-state index in [0.717, 1.165) is 18.5 Å². The molecule has 0 unspecified atom stereocenters. The molecule has 1 aliphatic carbocycles. The Morgan fingerprint density at radius 2 is 1.79 bits per heavy atom. The fraction of sp³-hybridized carbons (Fsp3) is 0.412. The van der Waals surface area contributed by atoms with Crippen LogP contribution in [0.15, 0.2) is 41.3 Å². The van der Waals surface area contributed by atoms with Gasteiger partial charge in [0, 0.05) is 0 Å². The van der Waals surface area contributed by atoms with Crippen LogP contribution in [-0.2, 0) is 16.6 Å². The first-order valence-corrected chi connectivity index (χ1v) is 9.57. The van der Waals surface area contributed by atoms with Crippen LogP contribution in [0.1, 0.15) is 37.1 Å². The fourth-order valence-electron chi connectivity index (χ4n) is 2.67. The lowest BCUT2D eigenvalue weighted by Gasteiger charge is -2.13. The molecule has 1 aliphatic rings. The Morgan fingerprint density at radius 1 is 1.08 bits per heavy atom. The van der Waals surface area contributed by atoms with E-state index in [9.17, 15) is 8.42 Å². The summed E-state index contributed by atoms with van der Waals surface area (Å²) in [5.41, 5.74) is 1.37. The molecule has 1 saturated carbocycles. The zero-order chi connectivity index (χ0) is 17.0. The zero-order valence-electron chi connectivity index (χ0n) is 13.6. The Bertz CT molecular complexity index is 768. The van der Waals surface area contributed by atoms with Gasteiger partial charge in [-0.2, -0.15) is 10.2 Å². The standard InChI is InChI=1S/C17H21N3O3S/c1-13-6-7-14(20-19-13)12-18-24(21,22)17-10-8-16(9-11-17)23-15-4-2-3-5-15/h6-11,15,18H,2-5,12H2,1H3. The van der Waals surface area contributed by atoms with E-state index in [-0.39, 0.29) is 17.5 Å². The number of hydrogen-bond donors (Lipinski definition) is 1. The first-order chi connectivity index (χ1) is 11.5. The highest BCUT2D eigenvalue weighted by Gasteiger charge is 2.18. The summed E-state index contributed by atoms with van der Waals surface area (Å²) in [7, 11) is -3.59. The van der Waals surface area contributed by atoms with Gasteiger partial charge in [0.2, 0.25) is 10.0 Å². The highest BCUT2D eigenvalue weighted by Crippen LogP contribution is 2.24. The summed E-state index contributed by atoms with van der Waals surface area (Å²) in [6, 6.07) is 10.1. The summed E-state index contributed by atoms with van der Waals surface area (Å²) in [5.74, 6) is 0.713. The molecular weight excluding hydrogens is 326 g/mol. The number of nitrogens with zero attached hydrogens (tertiary/aromatic N) is 2. The van der Waals surface area contributed by atoms with E-state index in [1.807, 2.05) is 6.92 Å². The second-order valence-corrected chi connectivity index (χ2v) is 7.75. The molecule has 24 heavy (non-hydrogen) atoms. The van der Waals surface area contributed by atoms with E-state index in [0.29, 0.717) is 11.4 Å². The van der Waals surface area contributed by atoms with Crippen LogP contribution >= 0.6 is 0 Å². The van der Waals surface area contributed by atoms with Crippen LogP contribution in [0.3, 0.4) is 0 Å². The van der Waals surface area contributed by atoms with Crippen LogP contribution in [-0.4, -0.2) is 24.7 Å². The maximum atomic E-state index is 12.3. The van der Waals surface area contributed by atoms with E-state index >= 15 is 0 Å². The Kier molecular flexibility index (Phi) is 5.11. The Morgan fingerprint density at radius 3 is 2.42 bits per heavy atom. The average Bonchev–Trinajstić information content (AvgIpc) is 3.08. The molecule has 128 valence electrons. The summed E-state index contributed by atoms with van der Waals surface area (Å²) in [5, 5.41) is 7.86. The molecule has 0 aliphatic heterocycles. The van der Waals surface area contributed by atoms with Crippen molar-refractivity contribution in [3.8, 4) is 5.75 Å². The maximum absolute atomic E-state index is 12.3. The van der Waals surface area contributed by atoms with Crippen molar-refractivity contribution in [2.75, 3.05) is 0 Å². The number of nitrogens with one attached hydrogen (secondary N) is 1. The lowest BCUT2D eigenvalue weighted by Crippen LogP contribution is -2.24. The third-order valence-electron chi connectivity index (χ3n) is 4.04. The molecular formula is C17H21N3O3S. The van der Waals surface area contributed by atoms with E-state index in [4.69, 9.17) is 4.74 Å². The minimum absolute atomic E-state index is 0.107. The predicted molar refractivity (Wildman–Crippen MR) is 90.1 cm³/mol. The van der Waals surface area contributed by atoms with Gasteiger partial charge in [0.25, 0.3) is 0 Å². The van der Waals surface area contributed by atoms with Gasteiger partial charge in [-0.15, -0.1) is 0 Å². The molecule has 6 nitrogen and oxygen atoms in total. The number of rotatable bonds is 6. The van der Waals surface area contributed by atoms with Gasteiger partial charge in [-0.25, -0.2) is 13.1 Å². The number of hydrogen-bond acceptors (Lipinski definition) is 5. The largest absolute Gasteiger partial charge is 0.490 e. The molecule has 0 saturated heterocycles. The monoisotopic (exact) mass is 347 g/mol. The van der Waals surface area contributed by atoms with E-state index < -0.39 is 10.0 Å². The smallest absolute Gasteiger partial charge is 0.240 e. The second-order valence-electron chi connectivity index (χ2n) is 5.99. The van der Waals surface area contributed by atoms with Crippen LogP contribution < -0.4 is 9.46 Å². The molecule has 2 aromatic rings. The zero-order valence-corrected chi connectivity index (χ0v) is 14.4. The first-order valence-electron chi connectivity index (χ1n) is 8.08. The minimum Gasteiger partial charge on any atom is -0.490 e.